The molecule has 0 aliphatic carbocycles. The van der Waals surface area contributed by atoms with Gasteiger partial charge in [0.1, 0.15) is 29.0 Å². The van der Waals surface area contributed by atoms with Crippen LogP contribution in [0.4, 0.5) is 32.2 Å². The van der Waals surface area contributed by atoms with Crippen LogP contribution in [-0.4, -0.2) is 41.2 Å². The van der Waals surface area contributed by atoms with Crippen LogP contribution >= 0.6 is 0 Å². The molecule has 2 aromatic heterocycles. The highest BCUT2D eigenvalue weighted by molar-refractivity contribution is 5.90. The number of rotatable bonds is 10. The van der Waals surface area contributed by atoms with Crippen LogP contribution < -0.4 is 10.1 Å². The number of pyridine rings is 1. The first-order valence-corrected chi connectivity index (χ1v) is 11.9. The van der Waals surface area contributed by atoms with Crippen LogP contribution in [0.5, 0.6) is 5.75 Å². The Hall–Kier alpha value is -4.55. The highest BCUT2D eigenvalue weighted by atomic mass is 19.4. The Morgan fingerprint density at radius 3 is 2.45 bits per heavy atom. The SMILES string of the molecule is O=C(CC(c1c(F)cc(F)cc1F)c1c[nH]c2cc(OCCCNc3ccccn3)ccc12)OC(=O)C(F)(F)F. The normalized spacial score (nSPS) is 12.2. The zero-order chi connectivity index (χ0) is 28.9. The first kappa shape index (κ1) is 28.5. The second-order valence-electron chi connectivity index (χ2n) is 8.59. The lowest BCUT2D eigenvalue weighted by Gasteiger charge is -2.18. The van der Waals surface area contributed by atoms with Crippen molar-refractivity contribution in [2.75, 3.05) is 18.5 Å². The number of ether oxygens (including phenoxy) is 2. The Bertz CT molecular complexity index is 1480. The standard InChI is InChI=1S/C27H21F6N3O4/c28-15-10-20(29)25(21(30)11-15)18(13-24(37)40-26(38)27(31,32)33)19-14-36-22-12-16(5-6-17(19)22)39-9-3-8-35-23-4-1-2-7-34-23/h1-2,4-7,10-12,14,18,36H,3,8-9,13H2,(H,34,35). The number of H-pyrrole nitrogens is 1. The van der Waals surface area contributed by atoms with E-state index in [0.717, 1.165) is 5.82 Å². The number of nitrogens with zero attached hydrogens (tertiary/aromatic N) is 1. The van der Waals surface area contributed by atoms with Crippen molar-refractivity contribution in [1.82, 2.24) is 9.97 Å². The summed E-state index contributed by atoms with van der Waals surface area (Å²) in [5.41, 5.74) is -0.256. The minimum atomic E-state index is -5.46. The van der Waals surface area contributed by atoms with E-state index in [2.05, 4.69) is 20.0 Å². The summed E-state index contributed by atoms with van der Waals surface area (Å²) in [6, 6.07) is 10.9. The maximum absolute atomic E-state index is 14.7. The fourth-order valence-corrected chi connectivity index (χ4v) is 4.08. The van der Waals surface area contributed by atoms with Gasteiger partial charge in [0.05, 0.1) is 13.0 Å². The third-order valence-corrected chi connectivity index (χ3v) is 5.82. The van der Waals surface area contributed by atoms with Crippen LogP contribution in [0.25, 0.3) is 10.9 Å². The molecule has 4 rings (SSSR count). The van der Waals surface area contributed by atoms with Gasteiger partial charge in [0.15, 0.2) is 0 Å². The molecule has 4 aromatic rings. The number of hydrogen-bond acceptors (Lipinski definition) is 6. The summed E-state index contributed by atoms with van der Waals surface area (Å²) in [4.78, 5) is 30.4. The van der Waals surface area contributed by atoms with Gasteiger partial charge in [-0.05, 0) is 36.2 Å². The molecule has 0 saturated heterocycles. The summed E-state index contributed by atoms with van der Waals surface area (Å²) in [6.45, 7) is 0.932. The fourth-order valence-electron chi connectivity index (χ4n) is 4.08. The van der Waals surface area contributed by atoms with E-state index in [1.807, 2.05) is 12.1 Å². The topological polar surface area (TPSA) is 93.3 Å². The largest absolute Gasteiger partial charge is 0.493 e. The number of fused-ring (bicyclic) bond motifs is 1. The van der Waals surface area contributed by atoms with Gasteiger partial charge < -0.3 is 19.8 Å². The van der Waals surface area contributed by atoms with Crippen molar-refractivity contribution in [2.45, 2.75) is 24.9 Å². The van der Waals surface area contributed by atoms with Crippen molar-refractivity contribution in [3.05, 3.63) is 89.5 Å². The van der Waals surface area contributed by atoms with Gasteiger partial charge in [-0.1, -0.05) is 6.07 Å². The highest BCUT2D eigenvalue weighted by Gasteiger charge is 2.43. The van der Waals surface area contributed by atoms with E-state index in [1.54, 1.807) is 24.4 Å². The summed E-state index contributed by atoms with van der Waals surface area (Å²) in [5, 5.41) is 3.49. The van der Waals surface area contributed by atoms with Crippen LogP contribution in [0.15, 0.2) is 60.9 Å². The van der Waals surface area contributed by atoms with Crippen LogP contribution in [0.3, 0.4) is 0 Å². The van der Waals surface area contributed by atoms with E-state index in [0.29, 0.717) is 48.4 Å². The zero-order valence-electron chi connectivity index (χ0n) is 20.5. The molecule has 1 unspecified atom stereocenters. The molecule has 0 saturated carbocycles. The Labute approximate surface area is 223 Å². The van der Waals surface area contributed by atoms with Crippen molar-refractivity contribution >= 4 is 28.7 Å². The van der Waals surface area contributed by atoms with Gasteiger partial charge >= 0.3 is 18.1 Å². The Morgan fingerprint density at radius 1 is 1.02 bits per heavy atom. The van der Waals surface area contributed by atoms with E-state index in [9.17, 15) is 35.9 Å². The summed E-state index contributed by atoms with van der Waals surface area (Å²) in [6.07, 6.45) is -2.91. The third-order valence-electron chi connectivity index (χ3n) is 5.82. The smallest absolute Gasteiger partial charge is 0.491 e. The van der Waals surface area contributed by atoms with Gasteiger partial charge in [-0.15, -0.1) is 0 Å². The second kappa shape index (κ2) is 12.1. The molecule has 0 bridgehead atoms. The first-order chi connectivity index (χ1) is 19.0. The van der Waals surface area contributed by atoms with Crippen molar-refractivity contribution in [2.24, 2.45) is 0 Å². The lowest BCUT2D eigenvalue weighted by Crippen LogP contribution is -2.28. The first-order valence-electron chi connectivity index (χ1n) is 11.9. The molecule has 2 heterocycles. The third kappa shape index (κ3) is 6.90. The van der Waals surface area contributed by atoms with Crippen LogP contribution in [0.2, 0.25) is 0 Å². The van der Waals surface area contributed by atoms with E-state index in [4.69, 9.17) is 4.74 Å². The maximum atomic E-state index is 14.7. The monoisotopic (exact) mass is 565 g/mol. The van der Waals surface area contributed by atoms with Gasteiger partial charge in [-0.2, -0.15) is 13.2 Å². The molecule has 0 fully saturated rings. The summed E-state index contributed by atoms with van der Waals surface area (Å²) in [7, 11) is 0. The van der Waals surface area contributed by atoms with Crippen molar-refractivity contribution in [3.63, 3.8) is 0 Å². The number of esters is 2. The number of anilines is 1. The number of benzene rings is 2. The molecule has 13 heteroatoms. The molecule has 0 radical (unpaired) electrons. The van der Waals surface area contributed by atoms with Crippen molar-refractivity contribution < 1.29 is 45.4 Å². The number of carbonyl (C=O) groups excluding carboxylic acids is 2. The minimum absolute atomic E-state index is 0.0990. The van der Waals surface area contributed by atoms with Gasteiger partial charge in [0.2, 0.25) is 0 Å². The predicted molar refractivity (Wildman–Crippen MR) is 131 cm³/mol. The van der Waals surface area contributed by atoms with Crippen LogP contribution in [0, 0.1) is 17.5 Å². The molecular formula is C27H21F6N3O4. The zero-order valence-corrected chi connectivity index (χ0v) is 20.5. The van der Waals surface area contributed by atoms with E-state index >= 15 is 0 Å². The molecular weight excluding hydrogens is 544 g/mol. The van der Waals surface area contributed by atoms with Crippen molar-refractivity contribution in [1.29, 1.82) is 0 Å². The molecule has 210 valence electrons. The number of alkyl halides is 3. The Balaban J connectivity index is 1.53. The molecule has 7 nitrogen and oxygen atoms in total. The molecule has 0 amide bonds. The molecule has 2 N–H and O–H groups in total. The van der Waals surface area contributed by atoms with Gasteiger partial charge in [0.25, 0.3) is 0 Å². The Morgan fingerprint density at radius 2 is 1.77 bits per heavy atom. The molecule has 1 atom stereocenters. The minimum Gasteiger partial charge on any atom is -0.493 e. The number of aromatic amines is 1. The van der Waals surface area contributed by atoms with Crippen molar-refractivity contribution in [3.8, 4) is 5.75 Å². The van der Waals surface area contributed by atoms with Crippen LogP contribution in [-0.2, 0) is 14.3 Å². The highest BCUT2D eigenvalue weighted by Crippen LogP contribution is 2.38. The predicted octanol–water partition coefficient (Wildman–Crippen LogP) is 6.02. The number of halogens is 6. The number of nitrogens with one attached hydrogen (secondary N) is 2. The second-order valence-corrected chi connectivity index (χ2v) is 8.59. The van der Waals surface area contributed by atoms with E-state index in [1.165, 1.54) is 12.3 Å². The van der Waals surface area contributed by atoms with E-state index < -0.39 is 53.5 Å². The molecule has 2 aromatic carbocycles. The lowest BCUT2D eigenvalue weighted by atomic mass is 9.87. The molecule has 40 heavy (non-hydrogen) atoms. The summed E-state index contributed by atoms with van der Waals surface area (Å²) in [5.74, 6) is -8.81. The summed E-state index contributed by atoms with van der Waals surface area (Å²) >= 11 is 0. The van der Waals surface area contributed by atoms with Crippen LogP contribution in [0.1, 0.15) is 29.9 Å². The fraction of sp³-hybridized carbons (Fsp3) is 0.222. The number of hydrogen-bond donors (Lipinski definition) is 2. The number of carbonyl (C=O) groups is 2. The number of aromatic nitrogens is 2. The van der Waals surface area contributed by atoms with Gasteiger partial charge in [-0.25, -0.2) is 22.9 Å². The van der Waals surface area contributed by atoms with Gasteiger partial charge in [0, 0.05) is 59.5 Å². The molecule has 0 aliphatic heterocycles. The van der Waals surface area contributed by atoms with E-state index in [-0.39, 0.29) is 5.56 Å². The Kier molecular flexibility index (Phi) is 8.61. The lowest BCUT2D eigenvalue weighted by molar-refractivity contribution is -0.201. The maximum Gasteiger partial charge on any atom is 0.491 e. The quantitative estimate of drug-likeness (QED) is 0.106. The molecule has 0 spiro atoms. The average Bonchev–Trinajstić information content (AvgIpc) is 3.30. The van der Waals surface area contributed by atoms with Gasteiger partial charge in [-0.3, -0.25) is 4.79 Å². The summed E-state index contributed by atoms with van der Waals surface area (Å²) < 4.78 is 90.2. The average molecular weight is 565 g/mol. The molecule has 0 aliphatic rings.